The summed E-state index contributed by atoms with van der Waals surface area (Å²) in [5, 5.41) is 0. The number of carbonyl (C=O) groups is 2. The third kappa shape index (κ3) is 7.91. The standard InChI is InChI=1S/C11H21NO6S/c1-10(2,3)9(14)18-12(19(15)16)7-8(13)17-11(4,5)6/h7H2,1-6H3,(H,15,16)/p-1. The highest BCUT2D eigenvalue weighted by molar-refractivity contribution is 7.76. The number of ether oxygens (including phenoxy) is 1. The second-order valence-electron chi connectivity index (χ2n) is 5.92. The van der Waals surface area contributed by atoms with Crippen LogP contribution < -0.4 is 0 Å². The Hall–Kier alpha value is -0.990. The minimum atomic E-state index is -2.87. The number of hydrogen-bond donors (Lipinski definition) is 0. The monoisotopic (exact) mass is 294 g/mol. The Kier molecular flexibility index (Phi) is 6.11. The largest absolute Gasteiger partial charge is 0.757 e. The molecule has 0 aliphatic rings. The summed E-state index contributed by atoms with van der Waals surface area (Å²) in [6, 6.07) is 0. The second kappa shape index (κ2) is 6.44. The molecule has 1 unspecified atom stereocenters. The van der Waals surface area contributed by atoms with Crippen LogP contribution in [0.15, 0.2) is 0 Å². The van der Waals surface area contributed by atoms with E-state index in [1.807, 2.05) is 0 Å². The molecule has 0 fully saturated rings. The first-order valence-corrected chi connectivity index (χ1v) is 6.67. The number of hydroxylamine groups is 1. The molecule has 0 N–H and O–H groups in total. The summed E-state index contributed by atoms with van der Waals surface area (Å²) in [6.07, 6.45) is 0. The summed E-state index contributed by atoms with van der Waals surface area (Å²) in [5.41, 5.74) is -1.63. The minimum Gasteiger partial charge on any atom is -0.757 e. The third-order valence-electron chi connectivity index (χ3n) is 1.64. The van der Waals surface area contributed by atoms with Crippen molar-refractivity contribution in [1.29, 1.82) is 0 Å². The molecule has 0 saturated heterocycles. The maximum absolute atomic E-state index is 11.6. The molecule has 0 spiro atoms. The first-order valence-electron chi connectivity index (χ1n) is 5.64. The summed E-state index contributed by atoms with van der Waals surface area (Å²) in [4.78, 5) is 27.7. The predicted octanol–water partition coefficient (Wildman–Crippen LogP) is 0.928. The zero-order valence-electron chi connectivity index (χ0n) is 12.0. The van der Waals surface area contributed by atoms with Crippen LogP contribution in [0.4, 0.5) is 0 Å². The highest BCUT2D eigenvalue weighted by Crippen LogP contribution is 2.17. The fourth-order valence-corrected chi connectivity index (χ4v) is 1.16. The number of nitrogens with zero attached hydrogens (tertiary/aromatic N) is 1. The van der Waals surface area contributed by atoms with Gasteiger partial charge in [-0.3, -0.25) is 9.00 Å². The van der Waals surface area contributed by atoms with E-state index < -0.39 is 40.8 Å². The van der Waals surface area contributed by atoms with E-state index in [0.29, 0.717) is 0 Å². The summed E-state index contributed by atoms with van der Waals surface area (Å²) >= 11 is -2.87. The molecule has 0 amide bonds. The van der Waals surface area contributed by atoms with Crippen LogP contribution >= 0.6 is 0 Å². The van der Waals surface area contributed by atoms with E-state index >= 15 is 0 Å². The molecule has 0 heterocycles. The van der Waals surface area contributed by atoms with Crippen molar-refractivity contribution >= 4 is 23.2 Å². The molecule has 0 aliphatic carbocycles. The van der Waals surface area contributed by atoms with Crippen molar-refractivity contribution in [1.82, 2.24) is 4.47 Å². The molecule has 0 radical (unpaired) electrons. The number of rotatable bonds is 4. The van der Waals surface area contributed by atoms with E-state index in [-0.39, 0.29) is 4.47 Å². The summed E-state index contributed by atoms with van der Waals surface area (Å²) < 4.78 is 27.0. The van der Waals surface area contributed by atoms with Gasteiger partial charge in [-0.1, -0.05) is 4.47 Å². The van der Waals surface area contributed by atoms with Crippen LogP contribution in [0, 0.1) is 5.41 Å². The molecule has 0 bridgehead atoms. The highest BCUT2D eigenvalue weighted by atomic mass is 32.2. The van der Waals surface area contributed by atoms with Crippen molar-refractivity contribution in [2.75, 3.05) is 6.54 Å². The molecule has 0 aromatic rings. The Bertz CT molecular complexity index is 368. The van der Waals surface area contributed by atoms with Crippen molar-refractivity contribution in [2.45, 2.75) is 47.1 Å². The molecule has 8 heteroatoms. The van der Waals surface area contributed by atoms with Crippen LogP contribution in [-0.4, -0.2) is 37.3 Å². The normalized spacial score (nSPS) is 14.1. The zero-order valence-corrected chi connectivity index (χ0v) is 12.8. The van der Waals surface area contributed by atoms with Gasteiger partial charge in [0.2, 0.25) is 0 Å². The van der Waals surface area contributed by atoms with Crippen molar-refractivity contribution in [2.24, 2.45) is 5.41 Å². The van der Waals surface area contributed by atoms with Gasteiger partial charge in [-0.25, -0.2) is 4.79 Å². The average Bonchev–Trinajstić information content (AvgIpc) is 2.11. The maximum atomic E-state index is 11.6. The first kappa shape index (κ1) is 18.0. The van der Waals surface area contributed by atoms with Crippen molar-refractivity contribution in [3.05, 3.63) is 0 Å². The average molecular weight is 294 g/mol. The quantitative estimate of drug-likeness (QED) is 0.435. The van der Waals surface area contributed by atoms with Crippen molar-refractivity contribution < 1.29 is 27.9 Å². The van der Waals surface area contributed by atoms with E-state index in [4.69, 9.17) is 4.74 Å². The Morgan fingerprint density at radius 2 is 1.63 bits per heavy atom. The Balaban J connectivity index is 4.65. The van der Waals surface area contributed by atoms with Gasteiger partial charge in [0.1, 0.15) is 12.1 Å². The first-order chi connectivity index (χ1) is 8.33. The fraction of sp³-hybridized carbons (Fsp3) is 0.818. The molecular formula is C11H20NO6S-. The van der Waals surface area contributed by atoms with E-state index in [1.54, 1.807) is 41.5 Å². The van der Waals surface area contributed by atoms with Gasteiger partial charge >= 0.3 is 11.9 Å². The molecule has 0 aromatic carbocycles. The molecule has 19 heavy (non-hydrogen) atoms. The molecule has 0 aliphatic heterocycles. The molecular weight excluding hydrogens is 274 g/mol. The summed E-state index contributed by atoms with van der Waals surface area (Å²) in [6.45, 7) is 8.94. The van der Waals surface area contributed by atoms with Crippen LogP contribution in [0.3, 0.4) is 0 Å². The number of esters is 1. The van der Waals surface area contributed by atoms with E-state index in [0.717, 1.165) is 0 Å². The smallest absolute Gasteiger partial charge is 0.331 e. The summed E-state index contributed by atoms with van der Waals surface area (Å²) in [7, 11) is 0. The van der Waals surface area contributed by atoms with Gasteiger partial charge in [0.15, 0.2) is 0 Å². The molecule has 1 atom stereocenters. The molecule has 7 nitrogen and oxygen atoms in total. The van der Waals surface area contributed by atoms with Gasteiger partial charge in [0.05, 0.1) is 16.7 Å². The molecule has 0 rings (SSSR count). The van der Waals surface area contributed by atoms with Gasteiger partial charge in [0.25, 0.3) is 0 Å². The molecule has 0 aromatic heterocycles. The van der Waals surface area contributed by atoms with Crippen molar-refractivity contribution in [3.8, 4) is 0 Å². The molecule has 112 valence electrons. The zero-order chi connectivity index (χ0) is 15.4. The van der Waals surface area contributed by atoms with Crippen LogP contribution in [-0.2, 0) is 30.4 Å². The van der Waals surface area contributed by atoms with Crippen LogP contribution in [0.1, 0.15) is 41.5 Å². The lowest BCUT2D eigenvalue weighted by molar-refractivity contribution is -0.185. The lowest BCUT2D eigenvalue weighted by Crippen LogP contribution is -2.39. The molecule has 0 saturated carbocycles. The van der Waals surface area contributed by atoms with E-state index in [2.05, 4.69) is 4.84 Å². The topological polar surface area (TPSA) is 96.0 Å². The van der Waals surface area contributed by atoms with Crippen LogP contribution in [0.2, 0.25) is 0 Å². The van der Waals surface area contributed by atoms with Gasteiger partial charge in [-0.05, 0) is 41.5 Å². The van der Waals surface area contributed by atoms with Gasteiger partial charge < -0.3 is 14.1 Å². The second-order valence-corrected chi connectivity index (χ2v) is 6.76. The lowest BCUT2D eigenvalue weighted by Gasteiger charge is -2.27. The predicted molar refractivity (Wildman–Crippen MR) is 67.0 cm³/mol. The summed E-state index contributed by atoms with van der Waals surface area (Å²) in [5.74, 6) is -1.57. The van der Waals surface area contributed by atoms with E-state index in [1.165, 1.54) is 0 Å². The third-order valence-corrected chi connectivity index (χ3v) is 2.18. The van der Waals surface area contributed by atoms with Crippen LogP contribution in [0.25, 0.3) is 0 Å². The van der Waals surface area contributed by atoms with Crippen LogP contribution in [0.5, 0.6) is 0 Å². The SMILES string of the molecule is CC(C)(C)OC(=O)CN(OC(=O)C(C)(C)C)S(=O)[O-]. The van der Waals surface area contributed by atoms with Gasteiger partial charge in [-0.2, -0.15) is 0 Å². The lowest BCUT2D eigenvalue weighted by atomic mass is 9.98. The number of carbonyl (C=O) groups excluding carboxylic acids is 2. The Morgan fingerprint density at radius 3 is 1.95 bits per heavy atom. The van der Waals surface area contributed by atoms with Gasteiger partial charge in [-0.15, -0.1) is 0 Å². The fourth-order valence-electron chi connectivity index (χ4n) is 0.824. The van der Waals surface area contributed by atoms with Gasteiger partial charge in [0, 0.05) is 0 Å². The van der Waals surface area contributed by atoms with E-state index in [9.17, 15) is 18.4 Å². The minimum absolute atomic E-state index is 0.266. The van der Waals surface area contributed by atoms with Crippen molar-refractivity contribution in [3.63, 3.8) is 0 Å². The highest BCUT2D eigenvalue weighted by Gasteiger charge is 2.28. The Labute approximate surface area is 115 Å². The maximum Gasteiger partial charge on any atom is 0.331 e. The Morgan fingerprint density at radius 1 is 1.16 bits per heavy atom. The number of hydrogen-bond acceptors (Lipinski definition) is 6.